The van der Waals surface area contributed by atoms with Crippen LogP contribution in [0.5, 0.6) is 5.88 Å². The van der Waals surface area contributed by atoms with Gasteiger partial charge in [-0.25, -0.2) is 4.98 Å². The van der Waals surface area contributed by atoms with Crippen molar-refractivity contribution in [2.45, 2.75) is 25.8 Å². The van der Waals surface area contributed by atoms with Gasteiger partial charge in [0.1, 0.15) is 6.61 Å². The molecule has 2 rings (SSSR count). The zero-order chi connectivity index (χ0) is 9.80. The lowest BCUT2D eigenvalue weighted by Crippen LogP contribution is -2.28. The van der Waals surface area contributed by atoms with Gasteiger partial charge >= 0.3 is 0 Å². The highest BCUT2D eigenvalue weighted by Gasteiger charge is 2.14. The van der Waals surface area contributed by atoms with E-state index >= 15 is 0 Å². The molecule has 76 valence electrons. The lowest BCUT2D eigenvalue weighted by Gasteiger charge is -2.10. The normalized spacial score (nSPS) is 21.1. The molecule has 0 radical (unpaired) electrons. The highest BCUT2D eigenvalue weighted by molar-refractivity contribution is 5.06. The average Bonchev–Trinajstić information content (AvgIpc) is 2.67. The molecule has 4 heteroatoms. The van der Waals surface area contributed by atoms with Crippen LogP contribution < -0.4 is 10.1 Å². The van der Waals surface area contributed by atoms with E-state index in [0.717, 1.165) is 12.2 Å². The molecule has 0 bridgehead atoms. The molecule has 1 N–H and O–H groups in total. The Labute approximate surface area is 83.7 Å². The molecule has 0 saturated carbocycles. The van der Waals surface area contributed by atoms with Gasteiger partial charge in [-0.2, -0.15) is 0 Å². The van der Waals surface area contributed by atoms with Gasteiger partial charge in [0.25, 0.3) is 0 Å². The number of ether oxygens (including phenoxy) is 1. The lowest BCUT2D eigenvalue weighted by atomic mass is 10.2. The second-order valence-corrected chi connectivity index (χ2v) is 3.60. The van der Waals surface area contributed by atoms with Gasteiger partial charge in [-0.05, 0) is 26.3 Å². The molecule has 1 fully saturated rings. The number of hydrogen-bond donors (Lipinski definition) is 1. The largest absolute Gasteiger partial charge is 0.475 e. The topological polar surface area (TPSA) is 47.0 Å². The molecule has 0 amide bonds. The molecular weight excluding hydrogens is 178 g/mol. The third-order valence-corrected chi connectivity index (χ3v) is 2.33. The Hall–Kier alpha value is -1.16. The van der Waals surface area contributed by atoms with Crippen LogP contribution in [0.3, 0.4) is 0 Å². The Morgan fingerprint density at radius 2 is 2.50 bits per heavy atom. The molecule has 1 atom stereocenters. The van der Waals surface area contributed by atoms with E-state index in [9.17, 15) is 0 Å². The van der Waals surface area contributed by atoms with Crippen LogP contribution in [0.1, 0.15) is 18.5 Å². The van der Waals surface area contributed by atoms with Crippen LogP contribution >= 0.6 is 0 Å². The van der Waals surface area contributed by atoms with Gasteiger partial charge < -0.3 is 10.1 Å². The maximum atomic E-state index is 5.53. The van der Waals surface area contributed by atoms with Crippen molar-refractivity contribution in [1.29, 1.82) is 0 Å². The molecule has 1 aromatic rings. The van der Waals surface area contributed by atoms with Crippen LogP contribution in [-0.2, 0) is 0 Å². The molecule has 0 aromatic carbocycles. The van der Waals surface area contributed by atoms with Gasteiger partial charge in [-0.1, -0.05) is 0 Å². The summed E-state index contributed by atoms with van der Waals surface area (Å²) in [6.07, 6.45) is 5.81. The van der Waals surface area contributed by atoms with E-state index in [4.69, 9.17) is 4.74 Å². The highest BCUT2D eigenvalue weighted by atomic mass is 16.5. The van der Waals surface area contributed by atoms with Crippen molar-refractivity contribution in [2.24, 2.45) is 0 Å². The number of nitrogens with zero attached hydrogens (tertiary/aromatic N) is 2. The molecular formula is C10H15N3O. The molecule has 1 aliphatic rings. The minimum Gasteiger partial charge on any atom is -0.475 e. The summed E-state index contributed by atoms with van der Waals surface area (Å²) in [5.74, 6) is 0.624. The molecule has 0 aliphatic carbocycles. The smallest absolute Gasteiger partial charge is 0.232 e. The van der Waals surface area contributed by atoms with Crippen LogP contribution in [0.15, 0.2) is 12.4 Å². The Bertz CT molecular complexity index is 297. The van der Waals surface area contributed by atoms with E-state index in [-0.39, 0.29) is 0 Å². The van der Waals surface area contributed by atoms with E-state index in [0.29, 0.717) is 18.5 Å². The minimum atomic E-state index is 0.484. The zero-order valence-electron chi connectivity index (χ0n) is 8.36. The molecule has 1 saturated heterocycles. The second-order valence-electron chi connectivity index (χ2n) is 3.60. The monoisotopic (exact) mass is 193 g/mol. The van der Waals surface area contributed by atoms with E-state index in [2.05, 4.69) is 15.3 Å². The first-order valence-corrected chi connectivity index (χ1v) is 4.99. The van der Waals surface area contributed by atoms with Crippen LogP contribution in [-0.4, -0.2) is 29.2 Å². The van der Waals surface area contributed by atoms with Crippen molar-refractivity contribution >= 4 is 0 Å². The Morgan fingerprint density at radius 1 is 1.57 bits per heavy atom. The van der Waals surface area contributed by atoms with Gasteiger partial charge in [0.15, 0.2) is 0 Å². The predicted octanol–water partition coefficient (Wildman–Crippen LogP) is 0.916. The fraction of sp³-hybridized carbons (Fsp3) is 0.600. The SMILES string of the molecule is Cc1cncc(OCC2CCCN2)n1. The fourth-order valence-electron chi connectivity index (χ4n) is 1.59. The maximum Gasteiger partial charge on any atom is 0.232 e. The number of aryl methyl sites for hydroxylation is 1. The summed E-state index contributed by atoms with van der Waals surface area (Å²) in [6, 6.07) is 0.484. The lowest BCUT2D eigenvalue weighted by molar-refractivity contribution is 0.266. The maximum absolute atomic E-state index is 5.53. The van der Waals surface area contributed by atoms with Gasteiger partial charge in [-0.3, -0.25) is 4.98 Å². The summed E-state index contributed by atoms with van der Waals surface area (Å²) in [4.78, 5) is 8.24. The quantitative estimate of drug-likeness (QED) is 0.775. The first-order chi connectivity index (χ1) is 6.84. The predicted molar refractivity (Wildman–Crippen MR) is 53.3 cm³/mol. The first-order valence-electron chi connectivity index (χ1n) is 4.99. The van der Waals surface area contributed by atoms with Crippen molar-refractivity contribution in [3.8, 4) is 5.88 Å². The van der Waals surface area contributed by atoms with Crippen LogP contribution in [0.2, 0.25) is 0 Å². The molecule has 1 aromatic heterocycles. The van der Waals surface area contributed by atoms with Gasteiger partial charge in [0.05, 0.1) is 11.9 Å². The van der Waals surface area contributed by atoms with Gasteiger partial charge in [0.2, 0.25) is 5.88 Å². The Morgan fingerprint density at radius 3 is 3.21 bits per heavy atom. The molecule has 2 heterocycles. The van der Waals surface area contributed by atoms with Crippen LogP contribution in [0.4, 0.5) is 0 Å². The van der Waals surface area contributed by atoms with E-state index in [1.807, 2.05) is 6.92 Å². The number of rotatable bonds is 3. The Balaban J connectivity index is 1.85. The summed E-state index contributed by atoms with van der Waals surface area (Å²) < 4.78 is 5.53. The van der Waals surface area contributed by atoms with Gasteiger partial charge in [0, 0.05) is 12.2 Å². The molecule has 4 nitrogen and oxygen atoms in total. The number of nitrogens with one attached hydrogen (secondary N) is 1. The zero-order valence-corrected chi connectivity index (χ0v) is 8.36. The third-order valence-electron chi connectivity index (χ3n) is 2.33. The minimum absolute atomic E-state index is 0.484. The third kappa shape index (κ3) is 2.42. The fourth-order valence-corrected chi connectivity index (χ4v) is 1.59. The van der Waals surface area contributed by atoms with Crippen molar-refractivity contribution in [1.82, 2.24) is 15.3 Å². The summed E-state index contributed by atoms with van der Waals surface area (Å²) in [7, 11) is 0. The molecule has 0 spiro atoms. The number of hydrogen-bond acceptors (Lipinski definition) is 4. The first kappa shape index (κ1) is 9.40. The molecule has 1 unspecified atom stereocenters. The summed E-state index contributed by atoms with van der Waals surface area (Å²) in [6.45, 7) is 3.71. The van der Waals surface area contributed by atoms with Crippen LogP contribution in [0.25, 0.3) is 0 Å². The van der Waals surface area contributed by atoms with Crippen molar-refractivity contribution < 1.29 is 4.74 Å². The van der Waals surface area contributed by atoms with E-state index in [1.165, 1.54) is 12.8 Å². The highest BCUT2D eigenvalue weighted by Crippen LogP contribution is 2.08. The standard InChI is InChI=1S/C10H15N3O/c1-8-5-11-6-10(13-8)14-7-9-3-2-4-12-9/h5-6,9,12H,2-4,7H2,1H3. The van der Waals surface area contributed by atoms with E-state index < -0.39 is 0 Å². The molecule has 14 heavy (non-hydrogen) atoms. The Kier molecular flexibility index (Phi) is 2.93. The summed E-state index contributed by atoms with van der Waals surface area (Å²) in [5.41, 5.74) is 0.891. The average molecular weight is 193 g/mol. The van der Waals surface area contributed by atoms with Gasteiger partial charge in [-0.15, -0.1) is 0 Å². The van der Waals surface area contributed by atoms with Crippen molar-refractivity contribution in [2.75, 3.05) is 13.2 Å². The van der Waals surface area contributed by atoms with E-state index in [1.54, 1.807) is 12.4 Å². The van der Waals surface area contributed by atoms with Crippen molar-refractivity contribution in [3.63, 3.8) is 0 Å². The summed E-state index contributed by atoms with van der Waals surface area (Å²) in [5, 5.41) is 3.37. The number of aromatic nitrogens is 2. The van der Waals surface area contributed by atoms with Crippen molar-refractivity contribution in [3.05, 3.63) is 18.1 Å². The second kappa shape index (κ2) is 4.37. The van der Waals surface area contributed by atoms with Crippen LogP contribution in [0, 0.1) is 6.92 Å². The molecule has 1 aliphatic heterocycles. The summed E-state index contributed by atoms with van der Waals surface area (Å²) >= 11 is 0.